The number of rotatable bonds is 59. The van der Waals surface area contributed by atoms with Crippen LogP contribution < -0.4 is 0 Å². The van der Waals surface area contributed by atoms with Crippen molar-refractivity contribution in [1.82, 2.24) is 0 Å². The van der Waals surface area contributed by atoms with E-state index in [1.165, 1.54) is 103 Å². The van der Waals surface area contributed by atoms with Gasteiger partial charge in [-0.05, 0) is 89.9 Å². The van der Waals surface area contributed by atoms with Crippen LogP contribution in [-0.4, -0.2) is 66.5 Å². The largest absolute Gasteiger partial charge is 0.472 e. The fourth-order valence-corrected chi connectivity index (χ4v) is 9.57. The molecule has 3 unspecified atom stereocenters. The molecular weight excluding hydrogens is 1000 g/mol. The predicted molar refractivity (Wildman–Crippen MR) is 325 cm³/mol. The molecule has 0 aromatic heterocycles. The van der Waals surface area contributed by atoms with Crippen molar-refractivity contribution in [1.29, 1.82) is 0 Å². The van der Waals surface area contributed by atoms with Crippen LogP contribution in [0, 0.1) is 0 Å². The molecule has 0 fully saturated rings. The first kappa shape index (κ1) is 74.9. The minimum absolute atomic E-state index is 0.147. The number of hydrogen-bond acceptors (Lipinski definition) is 10. The predicted octanol–water partition coefficient (Wildman–Crippen LogP) is 19.3. The first-order chi connectivity index (χ1) is 38.2. The molecule has 12 heteroatoms. The summed E-state index contributed by atoms with van der Waals surface area (Å²) in [5.74, 6) is -1.48. The Bertz CT molecular complexity index is 1590. The molecular formula is C66H117O11P. The van der Waals surface area contributed by atoms with Crippen LogP contribution >= 0.6 is 7.82 Å². The Labute approximate surface area is 478 Å². The number of carbonyl (C=O) groups excluding carboxylic acids is 3. The minimum Gasteiger partial charge on any atom is -0.462 e. The fraction of sp³-hybridized carbons (Fsp3) is 0.773. The Kier molecular flexibility index (Phi) is 57.7. The van der Waals surface area contributed by atoms with Gasteiger partial charge in [0.1, 0.15) is 12.7 Å². The molecule has 0 aliphatic heterocycles. The summed E-state index contributed by atoms with van der Waals surface area (Å²) >= 11 is 0. The Morgan fingerprint density at radius 2 is 0.667 bits per heavy atom. The highest BCUT2D eigenvalue weighted by Gasteiger charge is 2.28. The third-order valence-corrected chi connectivity index (χ3v) is 14.6. The van der Waals surface area contributed by atoms with E-state index in [2.05, 4.69) is 93.7 Å². The van der Waals surface area contributed by atoms with E-state index in [0.29, 0.717) is 19.3 Å². The number of unbranched alkanes of at least 4 members (excludes halogenated alkanes) is 30. The molecule has 78 heavy (non-hydrogen) atoms. The van der Waals surface area contributed by atoms with Crippen LogP contribution in [0.25, 0.3) is 0 Å². The van der Waals surface area contributed by atoms with Crippen molar-refractivity contribution in [2.75, 3.05) is 26.4 Å². The van der Waals surface area contributed by atoms with E-state index in [1.54, 1.807) is 0 Å². The molecule has 2 N–H and O–H groups in total. The molecule has 0 aromatic carbocycles. The lowest BCUT2D eigenvalue weighted by Gasteiger charge is -2.21. The second kappa shape index (κ2) is 60.0. The molecule has 0 aliphatic rings. The summed E-state index contributed by atoms with van der Waals surface area (Å²) in [6.45, 7) is 4.52. The van der Waals surface area contributed by atoms with Crippen molar-refractivity contribution in [3.8, 4) is 0 Å². The first-order valence-electron chi connectivity index (χ1n) is 31.8. The molecule has 452 valence electrons. The Morgan fingerprint density at radius 3 is 1.05 bits per heavy atom. The Morgan fingerprint density at radius 1 is 0.372 bits per heavy atom. The number of ether oxygens (including phenoxy) is 3. The Balaban J connectivity index is 4.71. The maximum atomic E-state index is 12.9. The highest BCUT2D eigenvalue weighted by Crippen LogP contribution is 2.43. The van der Waals surface area contributed by atoms with Crippen LogP contribution in [0.3, 0.4) is 0 Å². The zero-order valence-corrected chi connectivity index (χ0v) is 51.0. The molecule has 0 amide bonds. The molecule has 0 aliphatic carbocycles. The maximum absolute atomic E-state index is 12.9. The standard InChI is InChI=1S/C66H117O11P/c1-4-7-10-13-16-19-22-25-28-30-31-33-36-39-42-45-48-51-54-57-66(70)77-63(59-73-64(68)55-52-49-46-43-40-37-34-27-24-21-18-15-12-9-6-3)61-75-78(71,72)74-60-62(58-67)76-65(69)56-53-50-47-44-41-38-35-32-29-26-23-20-17-14-11-8-5-2/h7,10,16,18-19,21,25,27-28,31,33-34,62-63,67H,4-6,8-9,11-15,17,20,22-24,26,29-30,32,35-61H2,1-3H3,(H,71,72)/b10-7-,19-16-,21-18-,28-25-,33-31-,34-27-. The molecule has 11 nitrogen and oxygen atoms in total. The van der Waals surface area contributed by atoms with E-state index in [-0.39, 0.29) is 25.9 Å². The van der Waals surface area contributed by atoms with Crippen LogP contribution in [0.1, 0.15) is 290 Å². The van der Waals surface area contributed by atoms with Gasteiger partial charge in [0.15, 0.2) is 6.10 Å². The van der Waals surface area contributed by atoms with Gasteiger partial charge < -0.3 is 24.2 Å². The van der Waals surface area contributed by atoms with E-state index >= 15 is 0 Å². The summed E-state index contributed by atoms with van der Waals surface area (Å²) in [6, 6.07) is 0. The van der Waals surface area contributed by atoms with E-state index in [9.17, 15) is 28.9 Å². The van der Waals surface area contributed by atoms with Gasteiger partial charge in [-0.1, -0.05) is 254 Å². The van der Waals surface area contributed by atoms with Crippen LogP contribution in [0.4, 0.5) is 0 Å². The van der Waals surface area contributed by atoms with Gasteiger partial charge in [-0.25, -0.2) is 4.57 Å². The Hall–Kier alpha value is -3.08. The number of allylic oxidation sites excluding steroid dienone is 12. The second-order valence-electron chi connectivity index (χ2n) is 21.2. The van der Waals surface area contributed by atoms with Gasteiger partial charge in [0.2, 0.25) is 0 Å². The van der Waals surface area contributed by atoms with E-state index in [4.69, 9.17) is 23.3 Å². The third kappa shape index (κ3) is 57.6. The van der Waals surface area contributed by atoms with Gasteiger partial charge in [-0.2, -0.15) is 0 Å². The molecule has 0 bridgehead atoms. The maximum Gasteiger partial charge on any atom is 0.472 e. The number of phosphoric acid groups is 1. The van der Waals surface area contributed by atoms with Gasteiger partial charge in [0.05, 0.1) is 19.8 Å². The summed E-state index contributed by atoms with van der Waals surface area (Å²) in [5, 5.41) is 9.85. The highest BCUT2D eigenvalue weighted by atomic mass is 31.2. The lowest BCUT2D eigenvalue weighted by molar-refractivity contribution is -0.161. The highest BCUT2D eigenvalue weighted by molar-refractivity contribution is 7.47. The van der Waals surface area contributed by atoms with E-state index < -0.39 is 57.8 Å². The van der Waals surface area contributed by atoms with Crippen molar-refractivity contribution >= 4 is 25.7 Å². The summed E-state index contributed by atoms with van der Waals surface area (Å²) < 4.78 is 39.7. The van der Waals surface area contributed by atoms with Crippen LogP contribution in [0.15, 0.2) is 72.9 Å². The van der Waals surface area contributed by atoms with Gasteiger partial charge in [0.25, 0.3) is 0 Å². The number of carbonyl (C=O) groups is 3. The average Bonchev–Trinajstić information content (AvgIpc) is 3.43. The van der Waals surface area contributed by atoms with Gasteiger partial charge in [-0.3, -0.25) is 23.4 Å². The van der Waals surface area contributed by atoms with Crippen LogP contribution in [-0.2, 0) is 42.2 Å². The number of phosphoric ester groups is 1. The van der Waals surface area contributed by atoms with E-state index in [0.717, 1.165) is 128 Å². The molecule has 0 aromatic rings. The van der Waals surface area contributed by atoms with Gasteiger partial charge in [-0.15, -0.1) is 0 Å². The summed E-state index contributed by atoms with van der Waals surface area (Å²) in [4.78, 5) is 48.7. The van der Waals surface area contributed by atoms with Crippen molar-refractivity contribution in [2.24, 2.45) is 0 Å². The first-order valence-corrected chi connectivity index (χ1v) is 33.3. The molecule has 3 atom stereocenters. The second-order valence-corrected chi connectivity index (χ2v) is 22.7. The van der Waals surface area contributed by atoms with Crippen molar-refractivity contribution < 1.29 is 52.2 Å². The summed E-state index contributed by atoms with van der Waals surface area (Å²) in [6.07, 6.45) is 68.5. The SMILES string of the molecule is CC/C=C\C/C=C\C/C=C\C/C=C\CCCCCCCCC(=O)OC(COC(=O)CCCCCCC/C=C\C/C=C\CCCCC)COP(=O)(O)OCC(CO)OC(=O)CCCCCCCCCCCCCCCCCCC. The van der Waals surface area contributed by atoms with Crippen molar-refractivity contribution in [2.45, 2.75) is 303 Å². The lowest BCUT2D eigenvalue weighted by atomic mass is 10.0. The zero-order chi connectivity index (χ0) is 56.9. The molecule has 0 spiro atoms. The third-order valence-electron chi connectivity index (χ3n) is 13.6. The normalized spacial score (nSPS) is 13.8. The van der Waals surface area contributed by atoms with Crippen LogP contribution in [0.5, 0.6) is 0 Å². The van der Waals surface area contributed by atoms with Crippen molar-refractivity contribution in [3.05, 3.63) is 72.9 Å². The zero-order valence-electron chi connectivity index (χ0n) is 50.1. The van der Waals surface area contributed by atoms with E-state index in [1.807, 2.05) is 0 Å². The topological polar surface area (TPSA) is 155 Å². The summed E-state index contributed by atoms with van der Waals surface area (Å²) in [7, 11) is -4.76. The number of esters is 3. The van der Waals surface area contributed by atoms with Gasteiger partial charge in [0, 0.05) is 19.3 Å². The molecule has 0 saturated heterocycles. The summed E-state index contributed by atoms with van der Waals surface area (Å²) in [5.41, 5.74) is 0. The quantitative estimate of drug-likeness (QED) is 0.0197. The fourth-order valence-electron chi connectivity index (χ4n) is 8.79. The number of hydrogen-bond donors (Lipinski definition) is 2. The molecule has 0 radical (unpaired) electrons. The lowest BCUT2D eigenvalue weighted by Crippen LogP contribution is -2.30. The molecule has 0 saturated carbocycles. The van der Waals surface area contributed by atoms with Gasteiger partial charge >= 0.3 is 25.7 Å². The smallest absolute Gasteiger partial charge is 0.462 e. The average molecular weight is 1120 g/mol. The molecule has 0 rings (SSSR count). The van der Waals surface area contributed by atoms with Crippen molar-refractivity contribution in [3.63, 3.8) is 0 Å². The minimum atomic E-state index is -4.76. The van der Waals surface area contributed by atoms with Crippen LogP contribution in [0.2, 0.25) is 0 Å². The number of aliphatic hydroxyl groups is 1. The number of aliphatic hydroxyl groups excluding tert-OH is 1. The monoisotopic (exact) mass is 1120 g/mol. The molecule has 0 heterocycles.